The van der Waals surface area contributed by atoms with Crippen LogP contribution in [-0.2, 0) is 17.6 Å². The Hall–Kier alpha value is -2.66. The molecule has 0 atom stereocenters. The van der Waals surface area contributed by atoms with Gasteiger partial charge in [-0.1, -0.05) is 30.3 Å². The van der Waals surface area contributed by atoms with Gasteiger partial charge in [0.05, 0.1) is 17.1 Å². The van der Waals surface area contributed by atoms with Crippen molar-refractivity contribution in [3.63, 3.8) is 0 Å². The first-order valence-electron chi connectivity index (χ1n) is 9.88. The minimum absolute atomic E-state index is 0.0257. The quantitative estimate of drug-likeness (QED) is 0.650. The molecule has 3 aromatic rings. The van der Waals surface area contributed by atoms with Crippen LogP contribution in [0.5, 0.6) is 0 Å². The van der Waals surface area contributed by atoms with E-state index in [2.05, 4.69) is 39.5 Å². The van der Waals surface area contributed by atoms with E-state index in [0.29, 0.717) is 6.42 Å². The van der Waals surface area contributed by atoms with Gasteiger partial charge in [-0.25, -0.2) is 4.98 Å². The Morgan fingerprint density at radius 3 is 2.50 bits per heavy atom. The van der Waals surface area contributed by atoms with E-state index in [1.54, 1.807) is 11.3 Å². The van der Waals surface area contributed by atoms with E-state index in [0.717, 1.165) is 35.9 Å². The molecule has 0 spiro atoms. The summed E-state index contributed by atoms with van der Waals surface area (Å²) in [6, 6.07) is 18.5. The maximum atomic E-state index is 12.4. The number of aromatic nitrogens is 1. The fraction of sp³-hybridized carbons (Fsp3) is 0.304. The van der Waals surface area contributed by atoms with Crippen LogP contribution in [0.3, 0.4) is 0 Å². The van der Waals surface area contributed by atoms with Gasteiger partial charge < -0.3 is 10.2 Å². The van der Waals surface area contributed by atoms with E-state index in [-0.39, 0.29) is 5.91 Å². The normalized spacial score (nSPS) is 14.1. The van der Waals surface area contributed by atoms with Gasteiger partial charge in [-0.05, 0) is 49.1 Å². The molecule has 4 rings (SSSR count). The molecule has 144 valence electrons. The molecule has 0 aliphatic carbocycles. The summed E-state index contributed by atoms with van der Waals surface area (Å²) in [4.78, 5) is 19.4. The van der Waals surface area contributed by atoms with Crippen LogP contribution in [0.1, 0.15) is 35.5 Å². The van der Waals surface area contributed by atoms with Gasteiger partial charge in [-0.3, -0.25) is 4.79 Å². The molecule has 0 unspecified atom stereocenters. The zero-order chi connectivity index (χ0) is 19.2. The monoisotopic (exact) mass is 391 g/mol. The Morgan fingerprint density at radius 2 is 1.75 bits per heavy atom. The first-order chi connectivity index (χ1) is 13.8. The number of nitrogens with zero attached hydrogens (tertiary/aromatic N) is 2. The average Bonchev–Trinajstić information content (AvgIpc) is 3.16. The number of anilines is 2. The van der Waals surface area contributed by atoms with Crippen molar-refractivity contribution < 1.29 is 4.79 Å². The molecule has 2 heterocycles. The van der Waals surface area contributed by atoms with Gasteiger partial charge in [0, 0.05) is 36.3 Å². The third-order valence-electron chi connectivity index (χ3n) is 5.01. The number of benzene rings is 2. The first kappa shape index (κ1) is 18.7. The van der Waals surface area contributed by atoms with Gasteiger partial charge in [-0.2, -0.15) is 0 Å². The summed E-state index contributed by atoms with van der Waals surface area (Å²) in [5.74, 6) is -0.0257. The lowest BCUT2D eigenvalue weighted by Crippen LogP contribution is -2.29. The summed E-state index contributed by atoms with van der Waals surface area (Å²) in [7, 11) is 0. The number of piperidine rings is 1. The highest BCUT2D eigenvalue weighted by Crippen LogP contribution is 2.22. The van der Waals surface area contributed by atoms with E-state index in [9.17, 15) is 4.79 Å². The van der Waals surface area contributed by atoms with Crippen molar-refractivity contribution in [1.82, 2.24) is 4.98 Å². The van der Waals surface area contributed by atoms with E-state index < -0.39 is 0 Å². The second-order valence-electron chi connectivity index (χ2n) is 7.21. The Balaban J connectivity index is 1.30. The van der Waals surface area contributed by atoms with Gasteiger partial charge in [0.2, 0.25) is 5.91 Å². The molecule has 1 N–H and O–H groups in total. The fourth-order valence-corrected chi connectivity index (χ4v) is 4.39. The summed E-state index contributed by atoms with van der Waals surface area (Å²) < 4.78 is 0. The molecule has 2 aromatic carbocycles. The molecule has 1 fully saturated rings. The minimum Gasteiger partial charge on any atom is -0.372 e. The first-order valence-corrected chi connectivity index (χ1v) is 10.8. The number of hydrogen-bond donors (Lipinski definition) is 1. The molecule has 28 heavy (non-hydrogen) atoms. The van der Waals surface area contributed by atoms with Crippen LogP contribution in [0.4, 0.5) is 11.4 Å². The number of nitrogens with one attached hydrogen (secondary N) is 1. The van der Waals surface area contributed by atoms with E-state index >= 15 is 0 Å². The fourth-order valence-electron chi connectivity index (χ4n) is 3.56. The van der Waals surface area contributed by atoms with Crippen LogP contribution in [0.25, 0.3) is 0 Å². The van der Waals surface area contributed by atoms with E-state index in [1.165, 1.54) is 30.5 Å². The lowest BCUT2D eigenvalue weighted by atomic mass is 10.1. The summed E-state index contributed by atoms with van der Waals surface area (Å²) >= 11 is 1.61. The standard InChI is InChI=1S/C23H25N3OS/c27-22(16-20-17-28-23(25-20)15-18-7-3-1-4-8-18)24-19-9-11-21(12-10-19)26-13-5-2-6-14-26/h1,3-4,7-12,17H,2,5-6,13-16H2,(H,24,27). The topological polar surface area (TPSA) is 45.2 Å². The van der Waals surface area contributed by atoms with E-state index in [1.807, 2.05) is 35.7 Å². The van der Waals surface area contributed by atoms with Crippen LogP contribution in [0, 0.1) is 0 Å². The van der Waals surface area contributed by atoms with Gasteiger partial charge >= 0.3 is 0 Å². The van der Waals surface area contributed by atoms with Crippen molar-refractivity contribution in [2.45, 2.75) is 32.1 Å². The third-order valence-corrected chi connectivity index (χ3v) is 5.91. The molecule has 5 heteroatoms. The van der Waals surface area contributed by atoms with Crippen molar-refractivity contribution in [1.29, 1.82) is 0 Å². The highest BCUT2D eigenvalue weighted by molar-refractivity contribution is 7.09. The van der Waals surface area contributed by atoms with Crippen LogP contribution in [-0.4, -0.2) is 24.0 Å². The SMILES string of the molecule is O=C(Cc1csc(Cc2ccccc2)n1)Nc1ccc(N2CCCCC2)cc1. The molecule has 1 saturated heterocycles. The maximum absolute atomic E-state index is 12.4. The predicted molar refractivity (Wildman–Crippen MR) is 116 cm³/mol. The zero-order valence-corrected chi connectivity index (χ0v) is 16.8. The third kappa shape index (κ3) is 4.98. The molecule has 0 saturated carbocycles. The van der Waals surface area contributed by atoms with Crippen molar-refractivity contribution in [2.24, 2.45) is 0 Å². The van der Waals surface area contributed by atoms with Crippen LogP contribution in [0.2, 0.25) is 0 Å². The highest BCUT2D eigenvalue weighted by atomic mass is 32.1. The molecular formula is C23H25N3OS. The average molecular weight is 392 g/mol. The number of hydrogen-bond acceptors (Lipinski definition) is 4. The number of amides is 1. The van der Waals surface area contributed by atoms with Crippen molar-refractivity contribution in [2.75, 3.05) is 23.3 Å². The minimum atomic E-state index is -0.0257. The molecule has 0 radical (unpaired) electrons. The van der Waals surface area contributed by atoms with E-state index in [4.69, 9.17) is 0 Å². The lowest BCUT2D eigenvalue weighted by Gasteiger charge is -2.28. The van der Waals surface area contributed by atoms with Gasteiger partial charge in [-0.15, -0.1) is 11.3 Å². The zero-order valence-electron chi connectivity index (χ0n) is 15.9. The van der Waals surface area contributed by atoms with Crippen molar-refractivity contribution >= 4 is 28.6 Å². The maximum Gasteiger partial charge on any atom is 0.230 e. The van der Waals surface area contributed by atoms with Gasteiger partial charge in [0.25, 0.3) is 0 Å². The number of rotatable bonds is 6. The molecule has 1 aromatic heterocycles. The number of carbonyl (C=O) groups is 1. The Bertz CT molecular complexity index is 899. The largest absolute Gasteiger partial charge is 0.372 e. The smallest absolute Gasteiger partial charge is 0.230 e. The Kier molecular flexibility index (Phi) is 6.02. The molecule has 4 nitrogen and oxygen atoms in total. The molecule has 1 aliphatic rings. The van der Waals surface area contributed by atoms with Crippen LogP contribution in [0.15, 0.2) is 60.0 Å². The van der Waals surface area contributed by atoms with Crippen molar-refractivity contribution in [3.05, 3.63) is 76.2 Å². The summed E-state index contributed by atoms with van der Waals surface area (Å²) in [6.45, 7) is 2.25. The van der Waals surface area contributed by atoms with Gasteiger partial charge in [0.15, 0.2) is 0 Å². The lowest BCUT2D eigenvalue weighted by molar-refractivity contribution is -0.115. The second kappa shape index (κ2) is 9.02. The Morgan fingerprint density at radius 1 is 1.00 bits per heavy atom. The molecule has 1 aliphatic heterocycles. The number of carbonyl (C=O) groups excluding carboxylic acids is 1. The van der Waals surface area contributed by atoms with Crippen molar-refractivity contribution in [3.8, 4) is 0 Å². The molecule has 0 bridgehead atoms. The molecule has 1 amide bonds. The van der Waals surface area contributed by atoms with Crippen LogP contribution >= 0.6 is 11.3 Å². The second-order valence-corrected chi connectivity index (χ2v) is 8.16. The Labute approximate surface area is 170 Å². The molecular weight excluding hydrogens is 366 g/mol. The van der Waals surface area contributed by atoms with Crippen LogP contribution < -0.4 is 10.2 Å². The summed E-state index contributed by atoms with van der Waals surface area (Å²) in [5, 5.41) is 6.01. The summed E-state index contributed by atoms with van der Waals surface area (Å²) in [6.07, 6.45) is 4.97. The number of thiazole rings is 1. The van der Waals surface area contributed by atoms with Gasteiger partial charge in [0.1, 0.15) is 0 Å². The summed E-state index contributed by atoms with van der Waals surface area (Å²) in [5.41, 5.74) is 4.15. The predicted octanol–water partition coefficient (Wildman–Crippen LogP) is 4.91. The highest BCUT2D eigenvalue weighted by Gasteiger charge is 2.12.